The molecule has 0 aliphatic carbocycles. The van der Waals surface area contributed by atoms with Crippen LogP contribution in [0.15, 0.2) is 24.3 Å². The number of hydrogen-bond acceptors (Lipinski definition) is 2. The van der Waals surface area contributed by atoms with E-state index in [0.717, 1.165) is 38.2 Å². The van der Waals surface area contributed by atoms with Crippen molar-refractivity contribution in [2.75, 3.05) is 33.2 Å². The van der Waals surface area contributed by atoms with Gasteiger partial charge in [0.25, 0.3) is 5.91 Å². The molecular formula is C17H26N2O. The molecule has 0 radical (unpaired) electrons. The summed E-state index contributed by atoms with van der Waals surface area (Å²) in [5.74, 6) is 0.167. The van der Waals surface area contributed by atoms with Crippen molar-refractivity contribution in [2.45, 2.75) is 27.2 Å². The number of amides is 1. The Morgan fingerprint density at radius 3 is 2.10 bits per heavy atom. The first-order chi connectivity index (χ1) is 9.35. The van der Waals surface area contributed by atoms with Crippen LogP contribution < -0.4 is 0 Å². The number of rotatable bonds is 2. The maximum atomic E-state index is 12.4. The predicted molar refractivity (Wildman–Crippen MR) is 83.0 cm³/mol. The van der Waals surface area contributed by atoms with Crippen molar-refractivity contribution in [1.29, 1.82) is 0 Å². The topological polar surface area (TPSA) is 23.6 Å². The van der Waals surface area contributed by atoms with E-state index in [2.05, 4.69) is 44.9 Å². The molecule has 3 heteroatoms. The highest BCUT2D eigenvalue weighted by molar-refractivity contribution is 5.94. The molecule has 1 aromatic carbocycles. The maximum Gasteiger partial charge on any atom is 0.253 e. The first-order valence-electron chi connectivity index (χ1n) is 7.42. The summed E-state index contributed by atoms with van der Waals surface area (Å²) in [5, 5.41) is 0. The lowest BCUT2D eigenvalue weighted by molar-refractivity contribution is 0.0664. The molecule has 1 aliphatic rings. The maximum absolute atomic E-state index is 12.4. The van der Waals surface area contributed by atoms with Gasteiger partial charge in [-0.2, -0.15) is 0 Å². The Bertz CT molecular complexity index is 451. The van der Waals surface area contributed by atoms with Crippen LogP contribution in [0.2, 0.25) is 0 Å². The summed E-state index contributed by atoms with van der Waals surface area (Å²) in [6.07, 6.45) is 1.04. The number of likely N-dealkylation sites (N-methyl/N-ethyl adjacent to an activating group) is 1. The molecule has 1 saturated heterocycles. The molecule has 3 nitrogen and oxygen atoms in total. The minimum absolute atomic E-state index is 0.167. The van der Waals surface area contributed by atoms with Crippen LogP contribution in [0, 0.1) is 5.41 Å². The number of carbonyl (C=O) groups excluding carboxylic acids is 1. The van der Waals surface area contributed by atoms with Gasteiger partial charge in [0, 0.05) is 31.7 Å². The van der Waals surface area contributed by atoms with Crippen LogP contribution in [0.4, 0.5) is 0 Å². The number of benzene rings is 1. The molecule has 2 rings (SSSR count). The minimum Gasteiger partial charge on any atom is -0.336 e. The molecular weight excluding hydrogens is 248 g/mol. The Hall–Kier alpha value is -1.35. The smallest absolute Gasteiger partial charge is 0.253 e. The summed E-state index contributed by atoms with van der Waals surface area (Å²) in [7, 11) is 2.10. The standard InChI is InChI=1S/C17H26N2O/c1-17(2,3)13-14-5-7-15(8-6-14)16(20)19-11-9-18(4)10-12-19/h5-8H,9-13H2,1-4H3. The molecule has 110 valence electrons. The van der Waals surface area contributed by atoms with Gasteiger partial charge >= 0.3 is 0 Å². The van der Waals surface area contributed by atoms with Crippen molar-refractivity contribution >= 4 is 5.91 Å². The zero-order valence-corrected chi connectivity index (χ0v) is 13.1. The van der Waals surface area contributed by atoms with E-state index >= 15 is 0 Å². The fourth-order valence-electron chi connectivity index (χ4n) is 2.57. The second-order valence-corrected chi connectivity index (χ2v) is 7.03. The molecule has 0 spiro atoms. The fourth-order valence-corrected chi connectivity index (χ4v) is 2.57. The SMILES string of the molecule is CN1CCN(C(=O)c2ccc(CC(C)(C)C)cc2)CC1. The van der Waals surface area contributed by atoms with Crippen molar-refractivity contribution in [3.63, 3.8) is 0 Å². The average Bonchev–Trinajstić information content (AvgIpc) is 2.38. The predicted octanol–water partition coefficient (Wildman–Crippen LogP) is 2.66. The quantitative estimate of drug-likeness (QED) is 0.828. The zero-order chi connectivity index (χ0) is 14.8. The molecule has 0 aromatic heterocycles. The molecule has 1 amide bonds. The Morgan fingerprint density at radius 2 is 1.60 bits per heavy atom. The molecule has 1 fully saturated rings. The third kappa shape index (κ3) is 4.07. The highest BCUT2D eigenvalue weighted by Gasteiger charge is 2.20. The summed E-state index contributed by atoms with van der Waals surface area (Å²) >= 11 is 0. The summed E-state index contributed by atoms with van der Waals surface area (Å²) in [6.45, 7) is 10.3. The van der Waals surface area contributed by atoms with Crippen molar-refractivity contribution in [2.24, 2.45) is 5.41 Å². The van der Waals surface area contributed by atoms with E-state index in [1.807, 2.05) is 17.0 Å². The lowest BCUT2D eigenvalue weighted by Crippen LogP contribution is -2.47. The third-order valence-electron chi connectivity index (χ3n) is 3.73. The molecule has 1 aromatic rings. The van der Waals surface area contributed by atoms with Gasteiger partial charge in [0.15, 0.2) is 0 Å². The van der Waals surface area contributed by atoms with E-state index < -0.39 is 0 Å². The highest BCUT2D eigenvalue weighted by atomic mass is 16.2. The van der Waals surface area contributed by atoms with Crippen LogP contribution in [0.3, 0.4) is 0 Å². The van der Waals surface area contributed by atoms with Crippen molar-refractivity contribution in [1.82, 2.24) is 9.80 Å². The Kier molecular flexibility index (Phi) is 4.48. The normalized spacial score (nSPS) is 17.3. The van der Waals surface area contributed by atoms with Gasteiger partial charge in [-0.25, -0.2) is 0 Å². The first-order valence-corrected chi connectivity index (χ1v) is 7.42. The van der Waals surface area contributed by atoms with Gasteiger partial charge in [-0.3, -0.25) is 4.79 Å². The van der Waals surface area contributed by atoms with Crippen LogP contribution in [0.25, 0.3) is 0 Å². The van der Waals surface area contributed by atoms with Gasteiger partial charge in [-0.15, -0.1) is 0 Å². The van der Waals surface area contributed by atoms with Crippen molar-refractivity contribution in [3.8, 4) is 0 Å². The Balaban J connectivity index is 2.00. The highest BCUT2D eigenvalue weighted by Crippen LogP contribution is 2.21. The van der Waals surface area contributed by atoms with Crippen LogP contribution in [-0.2, 0) is 6.42 Å². The molecule has 0 bridgehead atoms. The van der Waals surface area contributed by atoms with Gasteiger partial charge < -0.3 is 9.80 Å². The second-order valence-electron chi connectivity index (χ2n) is 7.03. The van der Waals surface area contributed by atoms with Gasteiger partial charge in [-0.1, -0.05) is 32.9 Å². The van der Waals surface area contributed by atoms with E-state index in [-0.39, 0.29) is 11.3 Å². The number of piperazine rings is 1. The molecule has 1 heterocycles. The molecule has 0 unspecified atom stereocenters. The van der Waals surface area contributed by atoms with E-state index in [0.29, 0.717) is 0 Å². The third-order valence-corrected chi connectivity index (χ3v) is 3.73. The lowest BCUT2D eigenvalue weighted by atomic mass is 9.88. The molecule has 0 atom stereocenters. The second kappa shape index (κ2) is 5.96. The van der Waals surface area contributed by atoms with Crippen molar-refractivity contribution in [3.05, 3.63) is 35.4 Å². The van der Waals surface area contributed by atoms with E-state index in [1.165, 1.54) is 5.56 Å². The Labute approximate surface area is 122 Å². The minimum atomic E-state index is 0.167. The van der Waals surface area contributed by atoms with E-state index in [1.54, 1.807) is 0 Å². The Morgan fingerprint density at radius 1 is 1.05 bits per heavy atom. The monoisotopic (exact) mass is 274 g/mol. The largest absolute Gasteiger partial charge is 0.336 e. The van der Waals surface area contributed by atoms with Gasteiger partial charge in [0.2, 0.25) is 0 Å². The first kappa shape index (κ1) is 15.0. The number of hydrogen-bond donors (Lipinski definition) is 0. The molecule has 1 aliphatic heterocycles. The van der Waals surface area contributed by atoms with Gasteiger partial charge in [-0.05, 0) is 36.6 Å². The van der Waals surface area contributed by atoms with E-state index in [4.69, 9.17) is 0 Å². The van der Waals surface area contributed by atoms with E-state index in [9.17, 15) is 4.79 Å². The van der Waals surface area contributed by atoms with Crippen LogP contribution in [0.1, 0.15) is 36.7 Å². The number of nitrogens with zero attached hydrogens (tertiary/aromatic N) is 2. The van der Waals surface area contributed by atoms with Gasteiger partial charge in [0.1, 0.15) is 0 Å². The average molecular weight is 274 g/mol. The van der Waals surface area contributed by atoms with Crippen molar-refractivity contribution < 1.29 is 4.79 Å². The molecule has 0 N–H and O–H groups in total. The number of carbonyl (C=O) groups is 1. The molecule has 20 heavy (non-hydrogen) atoms. The molecule has 0 saturated carbocycles. The van der Waals surface area contributed by atoms with Crippen LogP contribution in [-0.4, -0.2) is 48.9 Å². The fraction of sp³-hybridized carbons (Fsp3) is 0.588. The zero-order valence-electron chi connectivity index (χ0n) is 13.1. The summed E-state index contributed by atoms with van der Waals surface area (Å²) < 4.78 is 0. The van der Waals surface area contributed by atoms with Crippen LogP contribution in [0.5, 0.6) is 0 Å². The van der Waals surface area contributed by atoms with Gasteiger partial charge in [0.05, 0.1) is 0 Å². The summed E-state index contributed by atoms with van der Waals surface area (Å²) in [4.78, 5) is 16.6. The lowest BCUT2D eigenvalue weighted by Gasteiger charge is -2.32. The summed E-state index contributed by atoms with van der Waals surface area (Å²) in [5.41, 5.74) is 2.39. The summed E-state index contributed by atoms with van der Waals surface area (Å²) in [6, 6.07) is 8.13. The van der Waals surface area contributed by atoms with Crippen LogP contribution >= 0.6 is 0 Å².